The molecule has 4 heteroatoms. The Morgan fingerprint density at radius 3 is 3.00 bits per heavy atom. The lowest BCUT2D eigenvalue weighted by Crippen LogP contribution is -2.24. The molecule has 4 nitrogen and oxygen atoms in total. The Bertz CT molecular complexity index is 562. The van der Waals surface area contributed by atoms with Crippen molar-refractivity contribution in [3.8, 4) is 5.88 Å². The zero-order valence-electron chi connectivity index (χ0n) is 10.7. The summed E-state index contributed by atoms with van der Waals surface area (Å²) in [4.78, 5) is 0. The highest BCUT2D eigenvalue weighted by atomic mass is 16.5. The van der Waals surface area contributed by atoms with Crippen LogP contribution in [-0.4, -0.2) is 23.4 Å². The fraction of sp³-hybridized carbons (Fsp3) is 0.357. The Kier molecular flexibility index (Phi) is 2.70. The van der Waals surface area contributed by atoms with E-state index in [2.05, 4.69) is 34.7 Å². The molecular formula is C14H17N3O. The lowest BCUT2D eigenvalue weighted by atomic mass is 9.78. The first-order valence-corrected chi connectivity index (χ1v) is 6.17. The van der Waals surface area contributed by atoms with E-state index in [0.717, 1.165) is 24.7 Å². The molecule has 0 saturated carbocycles. The van der Waals surface area contributed by atoms with Crippen LogP contribution in [0.25, 0.3) is 0 Å². The molecule has 0 bridgehead atoms. The fourth-order valence-electron chi connectivity index (χ4n) is 2.50. The number of fused-ring (bicyclic) bond motifs is 1. The summed E-state index contributed by atoms with van der Waals surface area (Å²) in [5.74, 6) is 2.25. The van der Waals surface area contributed by atoms with Crippen molar-refractivity contribution in [1.82, 2.24) is 9.78 Å². The van der Waals surface area contributed by atoms with E-state index in [9.17, 15) is 0 Å². The average molecular weight is 243 g/mol. The molecule has 1 heterocycles. The number of benzene rings is 1. The number of aromatic nitrogens is 2. The number of rotatable bonds is 4. The number of nitrogens with one attached hydrogen (secondary N) is 1. The van der Waals surface area contributed by atoms with Crippen molar-refractivity contribution in [1.29, 1.82) is 0 Å². The van der Waals surface area contributed by atoms with Crippen molar-refractivity contribution in [3.63, 3.8) is 0 Å². The van der Waals surface area contributed by atoms with E-state index in [0.29, 0.717) is 5.92 Å². The van der Waals surface area contributed by atoms with Crippen LogP contribution in [0.5, 0.6) is 5.88 Å². The topological polar surface area (TPSA) is 39.1 Å². The Morgan fingerprint density at radius 1 is 1.44 bits per heavy atom. The van der Waals surface area contributed by atoms with E-state index >= 15 is 0 Å². The summed E-state index contributed by atoms with van der Waals surface area (Å²) in [7, 11) is 3.53. The van der Waals surface area contributed by atoms with E-state index in [4.69, 9.17) is 4.74 Å². The maximum atomic E-state index is 5.19. The molecule has 94 valence electrons. The summed E-state index contributed by atoms with van der Waals surface area (Å²) in [5.41, 5.74) is 2.94. The Labute approximate surface area is 107 Å². The fourth-order valence-corrected chi connectivity index (χ4v) is 2.50. The monoisotopic (exact) mass is 243 g/mol. The normalized spacial score (nSPS) is 16.9. The number of hydrogen-bond donors (Lipinski definition) is 1. The smallest absolute Gasteiger partial charge is 0.213 e. The molecule has 1 aliphatic rings. The molecule has 0 spiro atoms. The number of methoxy groups -OCH3 is 1. The third-order valence-electron chi connectivity index (χ3n) is 3.54. The van der Waals surface area contributed by atoms with Crippen LogP contribution >= 0.6 is 0 Å². The predicted octanol–water partition coefficient (Wildman–Crippen LogP) is 2.18. The van der Waals surface area contributed by atoms with E-state index < -0.39 is 0 Å². The SMILES string of the molecule is COc1cc(NCC2Cc3ccccc32)nn1C. The molecule has 0 saturated heterocycles. The Balaban J connectivity index is 1.63. The second kappa shape index (κ2) is 4.37. The van der Waals surface area contributed by atoms with Gasteiger partial charge in [-0.3, -0.25) is 0 Å². The molecule has 1 aromatic carbocycles. The van der Waals surface area contributed by atoms with Gasteiger partial charge in [0.1, 0.15) is 0 Å². The average Bonchev–Trinajstić information content (AvgIpc) is 2.71. The van der Waals surface area contributed by atoms with Crippen molar-refractivity contribution in [2.45, 2.75) is 12.3 Å². The number of aryl methyl sites for hydroxylation is 1. The van der Waals surface area contributed by atoms with Gasteiger partial charge in [0.05, 0.1) is 7.11 Å². The molecule has 0 aliphatic heterocycles. The van der Waals surface area contributed by atoms with E-state index in [1.807, 2.05) is 13.1 Å². The molecule has 18 heavy (non-hydrogen) atoms. The molecule has 1 unspecified atom stereocenters. The van der Waals surface area contributed by atoms with Gasteiger partial charge in [-0.2, -0.15) is 5.10 Å². The van der Waals surface area contributed by atoms with Crippen LogP contribution in [0.3, 0.4) is 0 Å². The minimum absolute atomic E-state index is 0.606. The maximum Gasteiger partial charge on any atom is 0.213 e. The van der Waals surface area contributed by atoms with Gasteiger partial charge in [-0.1, -0.05) is 24.3 Å². The van der Waals surface area contributed by atoms with Crippen LogP contribution in [0.1, 0.15) is 17.0 Å². The third kappa shape index (κ3) is 1.83. The molecule has 1 N–H and O–H groups in total. The number of nitrogens with zero attached hydrogens (tertiary/aromatic N) is 2. The molecule has 1 atom stereocenters. The molecule has 1 aliphatic carbocycles. The Hall–Kier alpha value is -1.97. The molecule has 2 aromatic rings. The number of anilines is 1. The van der Waals surface area contributed by atoms with Crippen molar-refractivity contribution in [3.05, 3.63) is 41.5 Å². The van der Waals surface area contributed by atoms with Gasteiger partial charge in [0.25, 0.3) is 0 Å². The highest BCUT2D eigenvalue weighted by molar-refractivity contribution is 5.44. The van der Waals surface area contributed by atoms with E-state index in [1.165, 1.54) is 11.1 Å². The second-order valence-electron chi connectivity index (χ2n) is 4.68. The van der Waals surface area contributed by atoms with Gasteiger partial charge in [0, 0.05) is 25.6 Å². The van der Waals surface area contributed by atoms with Crippen LogP contribution in [0.2, 0.25) is 0 Å². The Morgan fingerprint density at radius 2 is 2.28 bits per heavy atom. The van der Waals surface area contributed by atoms with Crippen LogP contribution in [0.15, 0.2) is 30.3 Å². The van der Waals surface area contributed by atoms with Crippen LogP contribution in [-0.2, 0) is 13.5 Å². The lowest BCUT2D eigenvalue weighted by molar-refractivity contribution is 0.373. The zero-order chi connectivity index (χ0) is 12.5. The predicted molar refractivity (Wildman–Crippen MR) is 71.1 cm³/mol. The van der Waals surface area contributed by atoms with E-state index in [-0.39, 0.29) is 0 Å². The van der Waals surface area contributed by atoms with Gasteiger partial charge in [0.2, 0.25) is 5.88 Å². The second-order valence-corrected chi connectivity index (χ2v) is 4.68. The minimum atomic E-state index is 0.606. The van der Waals surface area contributed by atoms with Crippen molar-refractivity contribution >= 4 is 5.82 Å². The summed E-state index contributed by atoms with van der Waals surface area (Å²) in [6, 6.07) is 10.5. The van der Waals surface area contributed by atoms with Crippen LogP contribution in [0.4, 0.5) is 5.82 Å². The largest absolute Gasteiger partial charge is 0.481 e. The highest BCUT2D eigenvalue weighted by Gasteiger charge is 2.25. The molecule has 0 fully saturated rings. The van der Waals surface area contributed by atoms with Crippen molar-refractivity contribution < 1.29 is 4.74 Å². The number of hydrogen-bond acceptors (Lipinski definition) is 3. The van der Waals surface area contributed by atoms with E-state index in [1.54, 1.807) is 11.8 Å². The first-order chi connectivity index (χ1) is 8.78. The molecular weight excluding hydrogens is 226 g/mol. The van der Waals surface area contributed by atoms with Gasteiger partial charge < -0.3 is 10.1 Å². The number of ether oxygens (including phenoxy) is 1. The van der Waals surface area contributed by atoms with Gasteiger partial charge in [-0.25, -0.2) is 4.68 Å². The van der Waals surface area contributed by atoms with Gasteiger partial charge in [-0.05, 0) is 17.5 Å². The molecule has 0 amide bonds. The molecule has 1 aromatic heterocycles. The summed E-state index contributed by atoms with van der Waals surface area (Å²) in [6.07, 6.45) is 1.16. The van der Waals surface area contributed by atoms with Crippen LogP contribution in [0, 0.1) is 0 Å². The van der Waals surface area contributed by atoms with Crippen LogP contribution < -0.4 is 10.1 Å². The highest BCUT2D eigenvalue weighted by Crippen LogP contribution is 2.34. The third-order valence-corrected chi connectivity index (χ3v) is 3.54. The lowest BCUT2D eigenvalue weighted by Gasteiger charge is -2.30. The maximum absolute atomic E-state index is 5.19. The quantitative estimate of drug-likeness (QED) is 0.894. The summed E-state index contributed by atoms with van der Waals surface area (Å²) in [6.45, 7) is 0.928. The van der Waals surface area contributed by atoms with Crippen molar-refractivity contribution in [2.75, 3.05) is 19.0 Å². The first kappa shape index (κ1) is 11.1. The minimum Gasteiger partial charge on any atom is -0.481 e. The first-order valence-electron chi connectivity index (χ1n) is 6.17. The zero-order valence-corrected chi connectivity index (χ0v) is 10.7. The van der Waals surface area contributed by atoms with Gasteiger partial charge in [-0.15, -0.1) is 0 Å². The standard InChI is InChI=1S/C14H17N3O/c1-17-14(18-2)8-13(16-17)15-9-11-7-10-5-3-4-6-12(10)11/h3-6,8,11H,7,9H2,1-2H3,(H,15,16). The van der Waals surface area contributed by atoms with Gasteiger partial charge >= 0.3 is 0 Å². The summed E-state index contributed by atoms with van der Waals surface area (Å²) < 4.78 is 6.92. The molecule has 0 radical (unpaired) electrons. The summed E-state index contributed by atoms with van der Waals surface area (Å²) >= 11 is 0. The molecule has 3 rings (SSSR count). The van der Waals surface area contributed by atoms with Crippen molar-refractivity contribution in [2.24, 2.45) is 7.05 Å². The van der Waals surface area contributed by atoms with Gasteiger partial charge in [0.15, 0.2) is 5.82 Å². The summed E-state index contributed by atoms with van der Waals surface area (Å²) in [5, 5.41) is 7.72.